The molecule has 0 aliphatic carbocycles. The van der Waals surface area contributed by atoms with E-state index in [0.29, 0.717) is 12.8 Å². The van der Waals surface area contributed by atoms with Gasteiger partial charge < -0.3 is 0 Å². The normalized spacial score (nSPS) is 12.2. The first kappa shape index (κ1) is 8.49. The Bertz CT molecular complexity index is 116. The lowest BCUT2D eigenvalue weighted by Crippen LogP contribution is -2.29. The summed E-state index contributed by atoms with van der Waals surface area (Å²) in [6, 6.07) is 0. The molecule has 1 N–H and O–H groups in total. The molecule has 2 amide bonds. The maximum absolute atomic E-state index is 10.6. The molecule has 0 aromatic rings. The summed E-state index contributed by atoms with van der Waals surface area (Å²) in [7, 11) is 0. The summed E-state index contributed by atoms with van der Waals surface area (Å²) in [5, 5.41) is 1.63. The number of hydrogen-bond donors (Lipinski definition) is 2. The molecule has 0 aromatic carbocycles. The van der Waals surface area contributed by atoms with Crippen molar-refractivity contribution in [3.05, 3.63) is 0 Å². The summed E-state index contributed by atoms with van der Waals surface area (Å²) >= 11 is 3.89. The van der Waals surface area contributed by atoms with E-state index in [-0.39, 0.29) is 11.2 Å². The van der Waals surface area contributed by atoms with Gasteiger partial charge in [-0.1, -0.05) is 6.92 Å². The largest absolute Gasteiger partial charge is 0.298 e. The molecule has 0 aliphatic heterocycles. The topological polar surface area (TPSA) is 46.2 Å². The molecule has 0 bridgehead atoms. The first-order valence-electron chi connectivity index (χ1n) is 2.64. The number of carbonyl (C=O) groups excluding carboxylic acids is 2. The molecule has 1 unspecified atom stereocenters. The van der Waals surface area contributed by atoms with Crippen LogP contribution in [0.5, 0.6) is 0 Å². The number of amides is 2. The molecular formula is C5H9NO2S. The lowest BCUT2D eigenvalue weighted by molar-refractivity contribution is -0.124. The molecule has 0 aliphatic rings. The Labute approximate surface area is 59.2 Å². The Hall–Kier alpha value is -0.510. The molecule has 0 radical (unpaired) electrons. The summed E-state index contributed by atoms with van der Waals surface area (Å²) in [4.78, 5) is 20.2. The number of rotatable bonds is 3. The van der Waals surface area contributed by atoms with Crippen LogP contribution in [-0.2, 0) is 9.59 Å². The van der Waals surface area contributed by atoms with Crippen molar-refractivity contribution in [2.24, 2.45) is 0 Å². The summed E-state index contributed by atoms with van der Waals surface area (Å²) < 4.78 is 0. The highest BCUT2D eigenvalue weighted by Crippen LogP contribution is 1.98. The van der Waals surface area contributed by atoms with Crippen molar-refractivity contribution < 1.29 is 9.59 Å². The van der Waals surface area contributed by atoms with Crippen molar-refractivity contribution in [2.45, 2.75) is 18.6 Å². The van der Waals surface area contributed by atoms with Crippen LogP contribution in [-0.4, -0.2) is 17.6 Å². The van der Waals surface area contributed by atoms with Gasteiger partial charge in [0.15, 0.2) is 0 Å². The molecule has 0 heterocycles. The fourth-order valence-corrected chi connectivity index (χ4v) is 0.414. The first-order valence-corrected chi connectivity index (χ1v) is 3.16. The van der Waals surface area contributed by atoms with Crippen molar-refractivity contribution >= 4 is 24.9 Å². The van der Waals surface area contributed by atoms with Gasteiger partial charge in [0.05, 0.1) is 5.25 Å². The molecular weight excluding hydrogens is 138 g/mol. The quantitative estimate of drug-likeness (QED) is 0.435. The Morgan fingerprint density at radius 1 is 1.89 bits per heavy atom. The monoisotopic (exact) mass is 147 g/mol. The van der Waals surface area contributed by atoms with Gasteiger partial charge in [0.25, 0.3) is 0 Å². The van der Waals surface area contributed by atoms with Gasteiger partial charge in [-0.15, -0.1) is 0 Å². The summed E-state index contributed by atoms with van der Waals surface area (Å²) in [6.45, 7) is 1.82. The second kappa shape index (κ2) is 4.38. The van der Waals surface area contributed by atoms with E-state index >= 15 is 0 Å². The molecule has 52 valence electrons. The highest BCUT2D eigenvalue weighted by Gasteiger charge is 2.08. The van der Waals surface area contributed by atoms with Crippen LogP contribution in [0.4, 0.5) is 0 Å². The third-order valence-electron chi connectivity index (χ3n) is 0.891. The zero-order valence-electron chi connectivity index (χ0n) is 5.13. The number of hydrogen-bond acceptors (Lipinski definition) is 3. The van der Waals surface area contributed by atoms with E-state index in [0.717, 1.165) is 0 Å². The molecule has 1 atom stereocenters. The van der Waals surface area contributed by atoms with E-state index in [1.165, 1.54) is 0 Å². The van der Waals surface area contributed by atoms with Crippen molar-refractivity contribution in [3.8, 4) is 0 Å². The van der Waals surface area contributed by atoms with Crippen LogP contribution in [0.15, 0.2) is 0 Å². The second-order valence-electron chi connectivity index (χ2n) is 1.55. The van der Waals surface area contributed by atoms with Gasteiger partial charge in [-0.05, 0) is 6.42 Å². The fraction of sp³-hybridized carbons (Fsp3) is 0.600. The predicted molar refractivity (Wildman–Crippen MR) is 37.3 cm³/mol. The minimum absolute atomic E-state index is 0.337. The average Bonchev–Trinajstić information content (AvgIpc) is 1.87. The van der Waals surface area contributed by atoms with E-state index in [9.17, 15) is 9.59 Å². The number of carbonyl (C=O) groups is 2. The smallest absolute Gasteiger partial charge is 0.239 e. The molecule has 0 saturated carbocycles. The van der Waals surface area contributed by atoms with E-state index in [1.807, 2.05) is 12.2 Å². The molecule has 0 saturated heterocycles. The lowest BCUT2D eigenvalue weighted by atomic mass is 10.3. The molecule has 0 aromatic heterocycles. The lowest BCUT2D eigenvalue weighted by Gasteiger charge is -2.02. The van der Waals surface area contributed by atoms with Gasteiger partial charge >= 0.3 is 0 Å². The molecule has 0 rings (SSSR count). The first-order chi connectivity index (χ1) is 4.22. The Balaban J connectivity index is 3.58. The molecule has 0 spiro atoms. The predicted octanol–water partition coefficient (Wildman–Crippen LogP) is -0.0326. The van der Waals surface area contributed by atoms with Crippen molar-refractivity contribution in [3.63, 3.8) is 0 Å². The Kier molecular flexibility index (Phi) is 4.13. The molecule has 9 heavy (non-hydrogen) atoms. The molecule has 0 fully saturated rings. The highest BCUT2D eigenvalue weighted by atomic mass is 32.1. The zero-order valence-corrected chi connectivity index (χ0v) is 6.02. The fourth-order valence-electron chi connectivity index (χ4n) is 0.340. The third kappa shape index (κ3) is 3.13. The summed E-state index contributed by atoms with van der Waals surface area (Å²) in [5.41, 5.74) is 0. The number of nitrogens with one attached hydrogen (secondary N) is 1. The van der Waals surface area contributed by atoms with Gasteiger partial charge in [0.1, 0.15) is 0 Å². The van der Waals surface area contributed by atoms with Gasteiger partial charge in [0.2, 0.25) is 12.3 Å². The maximum Gasteiger partial charge on any atom is 0.239 e. The standard InChI is InChI=1S/C5H9NO2S/c1-2-4(9)5(8)6-3-7/h3-4,9H,2H2,1H3,(H,6,7,8). The van der Waals surface area contributed by atoms with Crippen molar-refractivity contribution in [1.29, 1.82) is 0 Å². The minimum Gasteiger partial charge on any atom is -0.298 e. The van der Waals surface area contributed by atoms with E-state index in [2.05, 4.69) is 12.6 Å². The summed E-state index contributed by atoms with van der Waals surface area (Å²) in [5.74, 6) is -0.337. The average molecular weight is 147 g/mol. The van der Waals surface area contributed by atoms with Gasteiger partial charge in [-0.3, -0.25) is 14.9 Å². The van der Waals surface area contributed by atoms with Crippen LogP contribution in [0.25, 0.3) is 0 Å². The van der Waals surface area contributed by atoms with Crippen LogP contribution in [0, 0.1) is 0 Å². The minimum atomic E-state index is -0.366. The van der Waals surface area contributed by atoms with Crippen LogP contribution in [0.3, 0.4) is 0 Å². The van der Waals surface area contributed by atoms with Gasteiger partial charge in [-0.2, -0.15) is 12.6 Å². The number of imide groups is 1. The van der Waals surface area contributed by atoms with Crippen molar-refractivity contribution in [2.75, 3.05) is 0 Å². The van der Waals surface area contributed by atoms with Crippen LogP contribution in [0.1, 0.15) is 13.3 Å². The molecule has 3 nitrogen and oxygen atoms in total. The Morgan fingerprint density at radius 3 is 2.78 bits per heavy atom. The molecule has 4 heteroatoms. The van der Waals surface area contributed by atoms with Crippen LogP contribution in [0.2, 0.25) is 0 Å². The van der Waals surface area contributed by atoms with Gasteiger partial charge in [-0.25, -0.2) is 0 Å². The summed E-state index contributed by atoms with van der Waals surface area (Å²) in [6.07, 6.45) is 0.990. The zero-order chi connectivity index (χ0) is 7.28. The maximum atomic E-state index is 10.6. The Morgan fingerprint density at radius 2 is 2.44 bits per heavy atom. The number of thiol groups is 1. The van der Waals surface area contributed by atoms with E-state index in [1.54, 1.807) is 0 Å². The highest BCUT2D eigenvalue weighted by molar-refractivity contribution is 7.81. The van der Waals surface area contributed by atoms with E-state index < -0.39 is 0 Å². The SMILES string of the molecule is CCC(S)C(=O)NC=O. The van der Waals surface area contributed by atoms with E-state index in [4.69, 9.17) is 0 Å². The van der Waals surface area contributed by atoms with Crippen molar-refractivity contribution in [1.82, 2.24) is 5.32 Å². The second-order valence-corrected chi connectivity index (χ2v) is 2.17. The third-order valence-corrected chi connectivity index (χ3v) is 1.49. The van der Waals surface area contributed by atoms with Crippen LogP contribution < -0.4 is 5.32 Å². The van der Waals surface area contributed by atoms with Gasteiger partial charge in [0, 0.05) is 0 Å². The van der Waals surface area contributed by atoms with Crippen LogP contribution >= 0.6 is 12.6 Å².